The lowest BCUT2D eigenvalue weighted by Crippen LogP contribution is -2.18. The van der Waals surface area contributed by atoms with Crippen molar-refractivity contribution in [3.05, 3.63) is 67.0 Å². The first kappa shape index (κ1) is 21.1. The fraction of sp³-hybridized carbons (Fsp3) is 0.100. The van der Waals surface area contributed by atoms with Gasteiger partial charge in [-0.15, -0.1) is 0 Å². The zero-order valence-corrected chi connectivity index (χ0v) is 17.8. The molecule has 11 nitrogen and oxygen atoms in total. The van der Waals surface area contributed by atoms with Crippen LogP contribution >= 0.6 is 0 Å². The molecule has 1 N–H and O–H groups in total. The fourth-order valence-electron chi connectivity index (χ4n) is 2.58. The summed E-state index contributed by atoms with van der Waals surface area (Å²) in [5, 5.41) is -0.409. The minimum absolute atomic E-state index is 0.0444. The Morgan fingerprint density at radius 2 is 1.66 bits per heavy atom. The highest BCUT2D eigenvalue weighted by molar-refractivity contribution is 7.92. The van der Waals surface area contributed by atoms with E-state index >= 15 is 0 Å². The number of aromatic nitrogens is 6. The van der Waals surface area contributed by atoms with Crippen LogP contribution in [0.4, 0.5) is 5.82 Å². The van der Waals surface area contributed by atoms with Crippen molar-refractivity contribution in [2.75, 3.05) is 11.8 Å². The molecule has 0 atom stereocenters. The molecule has 0 saturated heterocycles. The Kier molecular flexibility index (Phi) is 5.85. The molecule has 32 heavy (non-hydrogen) atoms. The minimum atomic E-state index is -4.17. The number of aryl methyl sites for hydroxylation is 1. The van der Waals surface area contributed by atoms with Crippen LogP contribution in [0.2, 0.25) is 0 Å². The molecular formula is C20H17N7O4S. The summed E-state index contributed by atoms with van der Waals surface area (Å²) in [6.45, 7) is 1.75. The summed E-state index contributed by atoms with van der Waals surface area (Å²) in [4.78, 5) is 24.3. The first-order valence-electron chi connectivity index (χ1n) is 9.22. The normalized spacial score (nSPS) is 11.1. The van der Waals surface area contributed by atoms with Crippen LogP contribution in [0.5, 0.6) is 17.2 Å². The summed E-state index contributed by atoms with van der Waals surface area (Å²) >= 11 is 0. The highest BCUT2D eigenvalue weighted by Crippen LogP contribution is 2.35. The van der Waals surface area contributed by atoms with Gasteiger partial charge >= 0.3 is 0 Å². The third-order valence-electron chi connectivity index (χ3n) is 4.08. The van der Waals surface area contributed by atoms with Crippen LogP contribution in [0.1, 0.15) is 5.56 Å². The Morgan fingerprint density at radius 1 is 0.906 bits per heavy atom. The van der Waals surface area contributed by atoms with Gasteiger partial charge in [-0.05, 0) is 30.7 Å². The molecule has 0 aliphatic carbocycles. The van der Waals surface area contributed by atoms with Gasteiger partial charge in [-0.25, -0.2) is 29.9 Å². The molecule has 0 spiro atoms. The quantitative estimate of drug-likeness (QED) is 0.417. The summed E-state index contributed by atoms with van der Waals surface area (Å²) < 4.78 is 39.3. The molecule has 0 bridgehead atoms. The van der Waals surface area contributed by atoms with Gasteiger partial charge in [-0.2, -0.15) is 8.42 Å². The van der Waals surface area contributed by atoms with Gasteiger partial charge in [0.25, 0.3) is 15.2 Å². The summed E-state index contributed by atoms with van der Waals surface area (Å²) in [5.74, 6) is 0.887. The molecule has 0 saturated carbocycles. The zero-order valence-electron chi connectivity index (χ0n) is 17.0. The summed E-state index contributed by atoms with van der Waals surface area (Å²) in [6.07, 6.45) is 7.00. The van der Waals surface area contributed by atoms with Crippen molar-refractivity contribution in [2.24, 2.45) is 0 Å². The zero-order chi connectivity index (χ0) is 22.6. The van der Waals surface area contributed by atoms with Crippen LogP contribution in [0.25, 0.3) is 11.5 Å². The molecule has 12 heteroatoms. The van der Waals surface area contributed by atoms with E-state index in [2.05, 4.69) is 34.6 Å². The van der Waals surface area contributed by atoms with Crippen LogP contribution in [0.15, 0.2) is 66.6 Å². The Morgan fingerprint density at radius 3 is 2.34 bits per heavy atom. The smallest absolute Gasteiger partial charge is 0.298 e. The van der Waals surface area contributed by atoms with Crippen molar-refractivity contribution in [1.29, 1.82) is 0 Å². The maximum Gasteiger partial charge on any atom is 0.298 e. The van der Waals surface area contributed by atoms with Gasteiger partial charge in [0.1, 0.15) is 12.0 Å². The number of hydrogen-bond donors (Lipinski definition) is 1. The molecule has 3 heterocycles. The molecule has 4 rings (SSSR count). The number of ether oxygens (including phenoxy) is 2. The van der Waals surface area contributed by atoms with Gasteiger partial charge in [-0.3, -0.25) is 4.72 Å². The second kappa shape index (κ2) is 8.89. The summed E-state index contributed by atoms with van der Waals surface area (Å²) in [5.41, 5.74) is 1.12. The van der Waals surface area contributed by atoms with Gasteiger partial charge in [0.2, 0.25) is 0 Å². The Labute approximate surface area is 183 Å². The number of hydrogen-bond acceptors (Lipinski definition) is 10. The third-order valence-corrected chi connectivity index (χ3v) is 5.24. The van der Waals surface area contributed by atoms with Crippen LogP contribution in [0.3, 0.4) is 0 Å². The van der Waals surface area contributed by atoms with E-state index in [9.17, 15) is 8.42 Å². The first-order valence-corrected chi connectivity index (χ1v) is 10.7. The van der Waals surface area contributed by atoms with Gasteiger partial charge < -0.3 is 9.47 Å². The van der Waals surface area contributed by atoms with E-state index in [1.807, 2.05) is 0 Å². The lowest BCUT2D eigenvalue weighted by molar-refractivity contribution is 0.378. The lowest BCUT2D eigenvalue weighted by atomic mass is 10.3. The van der Waals surface area contributed by atoms with E-state index in [4.69, 9.17) is 9.47 Å². The maximum atomic E-state index is 12.9. The van der Waals surface area contributed by atoms with E-state index in [0.717, 1.165) is 5.56 Å². The highest BCUT2D eigenvalue weighted by atomic mass is 32.2. The first-order chi connectivity index (χ1) is 15.5. The predicted octanol–water partition coefficient (Wildman–Crippen LogP) is 2.63. The molecular weight excluding hydrogens is 434 g/mol. The molecule has 1 aromatic carbocycles. The monoisotopic (exact) mass is 451 g/mol. The standard InChI is InChI=1S/C20H17N7O4S/c1-13-9-23-20(24-10-13)32(28,29)27-19-17(31-16-6-4-3-5-15(16)30-2)11-22-18(26-19)14-7-8-21-12-25-14/h3-12H,1-2H3,(H,22,26,27). The van der Waals surface area contributed by atoms with Crippen molar-refractivity contribution in [1.82, 2.24) is 29.9 Å². The van der Waals surface area contributed by atoms with Crippen LogP contribution in [-0.2, 0) is 10.0 Å². The lowest BCUT2D eigenvalue weighted by Gasteiger charge is -2.14. The number of benzene rings is 1. The van der Waals surface area contributed by atoms with Gasteiger partial charge in [-0.1, -0.05) is 12.1 Å². The van der Waals surface area contributed by atoms with E-state index in [-0.39, 0.29) is 17.4 Å². The number of methoxy groups -OCH3 is 1. The Balaban J connectivity index is 1.77. The maximum absolute atomic E-state index is 12.9. The van der Waals surface area contributed by atoms with Crippen molar-refractivity contribution in [2.45, 2.75) is 12.1 Å². The molecule has 0 aliphatic rings. The van der Waals surface area contributed by atoms with Gasteiger partial charge in [0.15, 0.2) is 28.9 Å². The SMILES string of the molecule is COc1ccccc1Oc1cnc(-c2ccncn2)nc1NS(=O)(=O)c1ncc(C)cn1. The minimum Gasteiger partial charge on any atom is -0.493 e. The van der Waals surface area contributed by atoms with Crippen molar-refractivity contribution in [3.8, 4) is 28.8 Å². The van der Waals surface area contributed by atoms with Gasteiger partial charge in [0.05, 0.1) is 13.3 Å². The molecule has 0 fully saturated rings. The van der Waals surface area contributed by atoms with Crippen molar-refractivity contribution in [3.63, 3.8) is 0 Å². The van der Waals surface area contributed by atoms with E-state index in [1.165, 1.54) is 38.2 Å². The second-order valence-electron chi connectivity index (χ2n) is 6.40. The topological polar surface area (TPSA) is 142 Å². The van der Waals surface area contributed by atoms with Crippen LogP contribution in [-0.4, -0.2) is 45.4 Å². The predicted molar refractivity (Wildman–Crippen MR) is 114 cm³/mol. The summed E-state index contributed by atoms with van der Waals surface area (Å²) in [6, 6.07) is 8.49. The van der Waals surface area contributed by atoms with Crippen molar-refractivity contribution >= 4 is 15.8 Å². The molecule has 3 aromatic heterocycles. The number of rotatable bonds is 7. The molecule has 162 valence electrons. The van der Waals surface area contributed by atoms with E-state index < -0.39 is 15.2 Å². The fourth-order valence-corrected chi connectivity index (χ4v) is 3.45. The molecule has 0 aliphatic heterocycles. The van der Waals surface area contributed by atoms with Crippen LogP contribution < -0.4 is 14.2 Å². The number of para-hydroxylation sites is 2. The third kappa shape index (κ3) is 4.59. The summed E-state index contributed by atoms with van der Waals surface area (Å²) in [7, 11) is -2.67. The van der Waals surface area contributed by atoms with E-state index in [0.29, 0.717) is 17.2 Å². The second-order valence-corrected chi connectivity index (χ2v) is 7.98. The van der Waals surface area contributed by atoms with Gasteiger partial charge in [0, 0.05) is 18.6 Å². The van der Waals surface area contributed by atoms with E-state index in [1.54, 1.807) is 37.3 Å². The molecule has 0 unspecified atom stereocenters. The average molecular weight is 451 g/mol. The Hall–Kier alpha value is -4.19. The number of nitrogens with zero attached hydrogens (tertiary/aromatic N) is 6. The molecule has 0 radical (unpaired) electrons. The molecule has 0 amide bonds. The Bertz CT molecular complexity index is 1330. The molecule has 4 aromatic rings. The largest absolute Gasteiger partial charge is 0.493 e. The van der Waals surface area contributed by atoms with Crippen molar-refractivity contribution < 1.29 is 17.9 Å². The average Bonchev–Trinajstić information content (AvgIpc) is 2.81. The number of sulfonamides is 1. The number of anilines is 1. The van der Waals surface area contributed by atoms with Crippen LogP contribution in [0, 0.1) is 6.92 Å². The highest BCUT2D eigenvalue weighted by Gasteiger charge is 2.23. The number of nitrogens with one attached hydrogen (secondary N) is 1.